The molecule has 2 heterocycles. The number of amides is 1. The van der Waals surface area contributed by atoms with Gasteiger partial charge in [-0.25, -0.2) is 12.8 Å². The van der Waals surface area contributed by atoms with E-state index < -0.39 is 21.7 Å². The molecule has 1 aromatic carbocycles. The topological polar surface area (TPSA) is 76.5 Å². The summed E-state index contributed by atoms with van der Waals surface area (Å²) in [5, 5.41) is 0.462. The number of rotatable bonds is 2. The fourth-order valence-electron chi connectivity index (χ4n) is 3.07. The van der Waals surface area contributed by atoms with E-state index in [9.17, 15) is 22.4 Å². The van der Waals surface area contributed by atoms with Crippen LogP contribution in [0.25, 0.3) is 10.9 Å². The number of hydrogen-bond acceptors (Lipinski definition) is 4. The Balaban J connectivity index is 2.03. The van der Waals surface area contributed by atoms with Crippen molar-refractivity contribution in [3.8, 4) is 0 Å². The molecule has 0 spiro atoms. The van der Waals surface area contributed by atoms with Gasteiger partial charge in [0.05, 0.1) is 22.6 Å². The van der Waals surface area contributed by atoms with Crippen molar-refractivity contribution in [2.75, 3.05) is 18.6 Å². The number of benzene rings is 1. The molecule has 3 rings (SSSR count). The minimum atomic E-state index is -3.12. The number of sulfone groups is 1. The van der Waals surface area contributed by atoms with Crippen LogP contribution in [-0.4, -0.2) is 54.3 Å². The fraction of sp³-hybridized carbons (Fsp3) is 0.375. The Morgan fingerprint density at radius 3 is 2.62 bits per heavy atom. The Hall–Kier alpha value is -2.22. The molecule has 128 valence electrons. The van der Waals surface area contributed by atoms with Crippen molar-refractivity contribution in [3.05, 3.63) is 35.8 Å². The summed E-state index contributed by atoms with van der Waals surface area (Å²) in [6, 6.07) is 3.49. The van der Waals surface area contributed by atoms with Gasteiger partial charge in [0.2, 0.25) is 5.91 Å². The molecule has 0 radical (unpaired) electrons. The molecule has 0 saturated carbocycles. The number of fused-ring (bicyclic) bond motifs is 1. The molecule has 1 unspecified atom stereocenters. The number of carbonyl (C=O) groups is 2. The van der Waals surface area contributed by atoms with Crippen molar-refractivity contribution in [1.29, 1.82) is 0 Å². The van der Waals surface area contributed by atoms with E-state index in [1.165, 1.54) is 40.8 Å². The first-order valence-corrected chi connectivity index (χ1v) is 9.31. The lowest BCUT2D eigenvalue weighted by Gasteiger charge is -2.23. The van der Waals surface area contributed by atoms with E-state index >= 15 is 0 Å². The van der Waals surface area contributed by atoms with E-state index in [-0.39, 0.29) is 28.9 Å². The zero-order valence-electron chi connectivity index (χ0n) is 13.3. The van der Waals surface area contributed by atoms with Gasteiger partial charge < -0.3 is 4.90 Å². The summed E-state index contributed by atoms with van der Waals surface area (Å²) in [6.45, 7) is 1.33. The molecule has 8 heteroatoms. The Labute approximate surface area is 138 Å². The van der Waals surface area contributed by atoms with E-state index in [4.69, 9.17) is 0 Å². The van der Waals surface area contributed by atoms with Gasteiger partial charge >= 0.3 is 0 Å². The molecule has 0 N–H and O–H groups in total. The third kappa shape index (κ3) is 2.82. The van der Waals surface area contributed by atoms with E-state index in [2.05, 4.69) is 0 Å². The summed E-state index contributed by atoms with van der Waals surface area (Å²) in [4.78, 5) is 25.9. The third-order valence-electron chi connectivity index (χ3n) is 4.41. The fourth-order valence-corrected chi connectivity index (χ4v) is 4.84. The quantitative estimate of drug-likeness (QED) is 0.824. The molecule has 2 aromatic rings. The standard InChI is InChI=1S/C16H17FN2O4S/c1-10(20)19-8-14(13-4-3-11(17)7-15(13)19)16(21)18(2)12-5-6-24(22,23)9-12/h3-4,7-8,12H,5-6,9H2,1-2H3. The summed E-state index contributed by atoms with van der Waals surface area (Å²) >= 11 is 0. The summed E-state index contributed by atoms with van der Waals surface area (Å²) in [5.74, 6) is -1.22. The second-order valence-corrected chi connectivity index (χ2v) is 8.29. The van der Waals surface area contributed by atoms with Crippen molar-refractivity contribution in [2.24, 2.45) is 0 Å². The summed E-state index contributed by atoms with van der Waals surface area (Å²) in [5.41, 5.74) is 0.574. The van der Waals surface area contributed by atoms with Gasteiger partial charge in [0.15, 0.2) is 9.84 Å². The van der Waals surface area contributed by atoms with Crippen LogP contribution in [-0.2, 0) is 9.84 Å². The second kappa shape index (κ2) is 5.70. The number of aromatic nitrogens is 1. The van der Waals surface area contributed by atoms with Gasteiger partial charge in [-0.05, 0) is 24.6 Å². The molecule has 1 aromatic heterocycles. The van der Waals surface area contributed by atoms with Crippen molar-refractivity contribution in [3.63, 3.8) is 0 Å². The van der Waals surface area contributed by atoms with Crippen LogP contribution in [0.4, 0.5) is 4.39 Å². The van der Waals surface area contributed by atoms with E-state index in [0.717, 1.165) is 0 Å². The normalized spacial score (nSPS) is 19.5. The first-order chi connectivity index (χ1) is 11.2. The van der Waals surface area contributed by atoms with Gasteiger partial charge in [-0.15, -0.1) is 0 Å². The van der Waals surface area contributed by atoms with Crippen molar-refractivity contribution in [1.82, 2.24) is 9.47 Å². The highest BCUT2D eigenvalue weighted by Gasteiger charge is 2.34. The van der Waals surface area contributed by atoms with E-state index in [1.54, 1.807) is 7.05 Å². The zero-order chi connectivity index (χ0) is 17.6. The molecule has 1 fully saturated rings. The largest absolute Gasteiger partial charge is 0.338 e. The van der Waals surface area contributed by atoms with Gasteiger partial charge in [-0.2, -0.15) is 0 Å². The minimum Gasteiger partial charge on any atom is -0.338 e. The van der Waals surface area contributed by atoms with Crippen LogP contribution in [0.3, 0.4) is 0 Å². The van der Waals surface area contributed by atoms with Gasteiger partial charge in [0, 0.05) is 31.6 Å². The predicted octanol–water partition coefficient (Wildman–Crippen LogP) is 1.70. The lowest BCUT2D eigenvalue weighted by molar-refractivity contribution is 0.0749. The highest BCUT2D eigenvalue weighted by Crippen LogP contribution is 2.26. The Morgan fingerprint density at radius 1 is 1.33 bits per heavy atom. The van der Waals surface area contributed by atoms with E-state index in [0.29, 0.717) is 17.3 Å². The number of nitrogens with zero attached hydrogens (tertiary/aromatic N) is 2. The molecular formula is C16H17FN2O4S. The van der Waals surface area contributed by atoms with E-state index in [1.807, 2.05) is 0 Å². The first kappa shape index (κ1) is 16.6. The van der Waals surface area contributed by atoms with Crippen LogP contribution in [0.5, 0.6) is 0 Å². The SMILES string of the molecule is CC(=O)n1cc(C(=O)N(C)C2CCS(=O)(=O)C2)c2ccc(F)cc21. The zero-order valence-corrected chi connectivity index (χ0v) is 14.1. The molecule has 6 nitrogen and oxygen atoms in total. The highest BCUT2D eigenvalue weighted by molar-refractivity contribution is 7.91. The maximum atomic E-state index is 13.5. The molecule has 0 bridgehead atoms. The maximum Gasteiger partial charge on any atom is 0.256 e. The molecular weight excluding hydrogens is 335 g/mol. The first-order valence-electron chi connectivity index (χ1n) is 7.49. The molecule has 1 aliphatic rings. The molecule has 1 atom stereocenters. The van der Waals surface area contributed by atoms with Crippen LogP contribution < -0.4 is 0 Å². The minimum absolute atomic E-state index is 0.0603. The number of halogens is 1. The summed E-state index contributed by atoms with van der Waals surface area (Å²) < 4.78 is 38.0. The van der Waals surface area contributed by atoms with Gasteiger partial charge in [-0.1, -0.05) is 0 Å². The van der Waals surface area contributed by atoms with Gasteiger partial charge in [-0.3, -0.25) is 14.2 Å². The lowest BCUT2D eigenvalue weighted by atomic mass is 10.1. The van der Waals surface area contributed by atoms with Crippen molar-refractivity contribution < 1.29 is 22.4 Å². The van der Waals surface area contributed by atoms with Crippen molar-refractivity contribution in [2.45, 2.75) is 19.4 Å². The lowest BCUT2D eigenvalue weighted by Crippen LogP contribution is -2.37. The second-order valence-electron chi connectivity index (χ2n) is 6.07. The molecule has 1 saturated heterocycles. The van der Waals surface area contributed by atoms with Crippen LogP contribution in [0.2, 0.25) is 0 Å². The Morgan fingerprint density at radius 2 is 2.04 bits per heavy atom. The predicted molar refractivity (Wildman–Crippen MR) is 87.3 cm³/mol. The van der Waals surface area contributed by atoms with Gasteiger partial charge in [0.1, 0.15) is 5.82 Å². The number of hydrogen-bond donors (Lipinski definition) is 0. The van der Waals surface area contributed by atoms with Crippen molar-refractivity contribution >= 4 is 32.6 Å². The maximum absolute atomic E-state index is 13.5. The summed E-state index contributed by atoms with van der Waals surface area (Å²) in [7, 11) is -1.57. The molecule has 1 aliphatic heterocycles. The average molecular weight is 352 g/mol. The monoisotopic (exact) mass is 352 g/mol. The highest BCUT2D eigenvalue weighted by atomic mass is 32.2. The molecule has 0 aliphatic carbocycles. The molecule has 24 heavy (non-hydrogen) atoms. The summed E-state index contributed by atoms with van der Waals surface area (Å²) in [6.07, 6.45) is 1.78. The van der Waals surface area contributed by atoms with Gasteiger partial charge in [0.25, 0.3) is 5.91 Å². The Bertz CT molecular complexity index is 948. The molecule has 1 amide bonds. The van der Waals surface area contributed by atoms with Crippen LogP contribution in [0, 0.1) is 5.82 Å². The van der Waals surface area contributed by atoms with Crippen LogP contribution in [0.15, 0.2) is 24.4 Å². The third-order valence-corrected chi connectivity index (χ3v) is 6.16. The number of carbonyl (C=O) groups excluding carboxylic acids is 2. The smallest absolute Gasteiger partial charge is 0.256 e. The van der Waals surface area contributed by atoms with Crippen LogP contribution in [0.1, 0.15) is 28.5 Å². The average Bonchev–Trinajstić information content (AvgIpc) is 3.05. The Kier molecular flexibility index (Phi) is 3.95. The van der Waals surface area contributed by atoms with Crippen LogP contribution >= 0.6 is 0 Å².